The summed E-state index contributed by atoms with van der Waals surface area (Å²) in [5, 5.41) is 7.18. The Morgan fingerprint density at radius 2 is 1.91 bits per heavy atom. The minimum Gasteiger partial charge on any atom is -0.229 e. The molecule has 8 heteroatoms. The zero-order chi connectivity index (χ0) is 16.1. The van der Waals surface area contributed by atoms with Crippen molar-refractivity contribution in [2.45, 2.75) is 37.9 Å². The van der Waals surface area contributed by atoms with Crippen LogP contribution in [0.25, 0.3) is 16.0 Å². The van der Waals surface area contributed by atoms with Gasteiger partial charge in [-0.05, 0) is 51.1 Å². The van der Waals surface area contributed by atoms with Crippen LogP contribution in [-0.2, 0) is 0 Å². The molecule has 0 spiro atoms. The molecule has 0 aliphatic rings. The minimum atomic E-state index is 0.619. The molecule has 0 atom stereocenters. The van der Waals surface area contributed by atoms with Gasteiger partial charge in [0.25, 0.3) is 5.78 Å². The van der Waals surface area contributed by atoms with Gasteiger partial charge in [0.1, 0.15) is 16.2 Å². The van der Waals surface area contributed by atoms with Gasteiger partial charge in [-0.15, -0.1) is 16.4 Å². The van der Waals surface area contributed by atoms with Crippen molar-refractivity contribution in [3.63, 3.8) is 0 Å². The first-order valence-corrected chi connectivity index (χ1v) is 8.76. The molecule has 0 unspecified atom stereocenters. The van der Waals surface area contributed by atoms with Crippen molar-refractivity contribution >= 4 is 39.1 Å². The fourth-order valence-corrected chi connectivity index (χ4v) is 4.44. The average molecular weight is 342 g/mol. The van der Waals surface area contributed by atoms with Crippen molar-refractivity contribution in [1.29, 1.82) is 0 Å². The molecule has 0 radical (unpaired) electrons. The van der Waals surface area contributed by atoms with E-state index >= 15 is 0 Å². The predicted octanol–water partition coefficient (Wildman–Crippen LogP) is 3.51. The molecule has 0 amide bonds. The van der Waals surface area contributed by atoms with E-state index in [2.05, 4.69) is 38.9 Å². The fourth-order valence-electron chi connectivity index (χ4n) is 2.51. The molecule has 4 rings (SSSR count). The highest BCUT2D eigenvalue weighted by atomic mass is 32.2. The molecule has 0 bridgehead atoms. The number of aromatic nitrogens is 6. The number of hydrogen-bond donors (Lipinski definition) is 0. The lowest BCUT2D eigenvalue weighted by atomic mass is 10.2. The van der Waals surface area contributed by atoms with E-state index in [-0.39, 0.29) is 0 Å². The monoisotopic (exact) mass is 342 g/mol. The van der Waals surface area contributed by atoms with Crippen LogP contribution in [0.5, 0.6) is 0 Å². The first-order valence-electron chi connectivity index (χ1n) is 7.12. The fraction of sp³-hybridized carbons (Fsp3) is 0.267. The first-order chi connectivity index (χ1) is 11.0. The van der Waals surface area contributed by atoms with E-state index < -0.39 is 0 Å². The molecule has 6 nitrogen and oxygen atoms in total. The highest BCUT2D eigenvalue weighted by Gasteiger charge is 2.16. The second-order valence-electron chi connectivity index (χ2n) is 5.39. The van der Waals surface area contributed by atoms with Gasteiger partial charge in [0, 0.05) is 21.7 Å². The second kappa shape index (κ2) is 5.24. The SMILES string of the molecule is Cc1cc(C)n2nc(Sc3ncnc4sc(C)c(C)c34)nc2n1. The largest absolute Gasteiger partial charge is 0.253 e. The van der Waals surface area contributed by atoms with Gasteiger partial charge in [-0.2, -0.15) is 4.98 Å². The molecule has 0 aromatic carbocycles. The van der Waals surface area contributed by atoms with Crippen molar-refractivity contribution in [2.24, 2.45) is 0 Å². The first kappa shape index (κ1) is 14.5. The molecule has 4 aromatic rings. The zero-order valence-electron chi connectivity index (χ0n) is 13.2. The summed E-state index contributed by atoms with van der Waals surface area (Å²) in [7, 11) is 0. The van der Waals surface area contributed by atoms with Gasteiger partial charge in [0.05, 0.1) is 0 Å². The Bertz CT molecular complexity index is 1050. The highest BCUT2D eigenvalue weighted by Crippen LogP contribution is 2.36. The van der Waals surface area contributed by atoms with Crippen LogP contribution in [0.3, 0.4) is 0 Å². The van der Waals surface area contributed by atoms with Crippen molar-refractivity contribution in [3.8, 4) is 0 Å². The molecule has 0 N–H and O–H groups in total. The van der Waals surface area contributed by atoms with Gasteiger partial charge in [0.2, 0.25) is 5.16 Å². The highest BCUT2D eigenvalue weighted by molar-refractivity contribution is 7.99. The van der Waals surface area contributed by atoms with Crippen LogP contribution in [0.2, 0.25) is 0 Å². The van der Waals surface area contributed by atoms with E-state index in [1.54, 1.807) is 22.2 Å². The third kappa shape index (κ3) is 2.38. The van der Waals surface area contributed by atoms with E-state index in [1.165, 1.54) is 22.2 Å². The molecule has 0 saturated heterocycles. The molecule has 0 aliphatic carbocycles. The normalized spacial score (nSPS) is 11.7. The molecule has 23 heavy (non-hydrogen) atoms. The maximum atomic E-state index is 4.54. The molecule has 0 saturated carbocycles. The van der Waals surface area contributed by atoms with Gasteiger partial charge in [-0.25, -0.2) is 19.5 Å². The van der Waals surface area contributed by atoms with Crippen molar-refractivity contribution in [2.75, 3.05) is 0 Å². The second-order valence-corrected chi connectivity index (χ2v) is 7.55. The topological polar surface area (TPSA) is 68.9 Å². The number of rotatable bonds is 2. The van der Waals surface area contributed by atoms with E-state index in [1.807, 2.05) is 19.9 Å². The number of thiophene rings is 1. The molecule has 0 aliphatic heterocycles. The number of fused-ring (bicyclic) bond motifs is 2. The number of hydrogen-bond acceptors (Lipinski definition) is 7. The standard InChI is InChI=1S/C15H14N6S2/c1-7-5-8(2)21-14(18-7)19-15(20-21)23-13-11-9(3)10(4)22-12(11)16-6-17-13/h5-6H,1-4H3. The van der Waals surface area contributed by atoms with Gasteiger partial charge in [0.15, 0.2) is 0 Å². The summed E-state index contributed by atoms with van der Waals surface area (Å²) in [6.45, 7) is 8.17. The maximum Gasteiger partial charge on any atom is 0.253 e. The van der Waals surface area contributed by atoms with E-state index in [0.717, 1.165) is 26.6 Å². The Labute approximate surface area is 141 Å². The van der Waals surface area contributed by atoms with Crippen LogP contribution in [-0.4, -0.2) is 29.5 Å². The van der Waals surface area contributed by atoms with E-state index in [4.69, 9.17) is 0 Å². The predicted molar refractivity (Wildman–Crippen MR) is 91.3 cm³/mol. The Morgan fingerprint density at radius 3 is 2.74 bits per heavy atom. The molecule has 4 heterocycles. The molecule has 116 valence electrons. The van der Waals surface area contributed by atoms with Crippen LogP contribution in [0, 0.1) is 27.7 Å². The third-order valence-electron chi connectivity index (χ3n) is 3.72. The van der Waals surface area contributed by atoms with E-state index in [0.29, 0.717) is 10.9 Å². The van der Waals surface area contributed by atoms with Crippen molar-refractivity contribution in [3.05, 3.63) is 34.2 Å². The van der Waals surface area contributed by atoms with E-state index in [9.17, 15) is 0 Å². The Kier molecular flexibility index (Phi) is 3.31. The quantitative estimate of drug-likeness (QED) is 0.519. The Hall–Kier alpha value is -2.06. The molecular weight excluding hydrogens is 328 g/mol. The van der Waals surface area contributed by atoms with Crippen LogP contribution >= 0.6 is 23.1 Å². The maximum absolute atomic E-state index is 4.54. The summed E-state index contributed by atoms with van der Waals surface area (Å²) >= 11 is 3.15. The Balaban J connectivity index is 1.83. The van der Waals surface area contributed by atoms with Crippen molar-refractivity contribution < 1.29 is 0 Å². The van der Waals surface area contributed by atoms with Gasteiger partial charge in [-0.3, -0.25) is 0 Å². The van der Waals surface area contributed by atoms with Crippen LogP contribution in [0.15, 0.2) is 22.6 Å². The summed E-state index contributed by atoms with van der Waals surface area (Å²) in [4.78, 5) is 20.0. The van der Waals surface area contributed by atoms with Crippen molar-refractivity contribution in [1.82, 2.24) is 29.5 Å². The molecular formula is C15H14N6S2. The summed E-state index contributed by atoms with van der Waals surface area (Å²) in [6, 6.07) is 1.99. The average Bonchev–Trinajstić information content (AvgIpc) is 3.01. The number of nitrogens with zero attached hydrogens (tertiary/aromatic N) is 6. The van der Waals surface area contributed by atoms with Crippen LogP contribution in [0.4, 0.5) is 0 Å². The number of aryl methyl sites for hydroxylation is 4. The van der Waals surface area contributed by atoms with Crippen LogP contribution in [0.1, 0.15) is 21.8 Å². The lowest BCUT2D eigenvalue weighted by Gasteiger charge is -1.99. The lowest BCUT2D eigenvalue weighted by molar-refractivity contribution is 0.842. The molecule has 0 fully saturated rings. The zero-order valence-corrected chi connectivity index (χ0v) is 14.8. The summed E-state index contributed by atoms with van der Waals surface area (Å²) in [5.41, 5.74) is 3.18. The van der Waals surface area contributed by atoms with Gasteiger partial charge < -0.3 is 0 Å². The summed E-state index contributed by atoms with van der Waals surface area (Å²) in [6.07, 6.45) is 1.60. The lowest BCUT2D eigenvalue weighted by Crippen LogP contribution is -1.97. The third-order valence-corrected chi connectivity index (χ3v) is 5.69. The minimum absolute atomic E-state index is 0.619. The Morgan fingerprint density at radius 1 is 1.09 bits per heavy atom. The van der Waals surface area contributed by atoms with Crippen LogP contribution < -0.4 is 0 Å². The van der Waals surface area contributed by atoms with Gasteiger partial charge in [-0.1, -0.05) is 0 Å². The summed E-state index contributed by atoms with van der Waals surface area (Å²) in [5.74, 6) is 0.619. The van der Waals surface area contributed by atoms with Gasteiger partial charge >= 0.3 is 0 Å². The molecule has 4 aromatic heterocycles. The smallest absolute Gasteiger partial charge is 0.229 e. The summed E-state index contributed by atoms with van der Waals surface area (Å²) < 4.78 is 1.76.